The first-order valence-electron chi connectivity index (χ1n) is 7.67. The summed E-state index contributed by atoms with van der Waals surface area (Å²) < 4.78 is 31.2. The Balaban J connectivity index is 2.18. The number of hydrogen-bond acceptors (Lipinski definition) is 4. The number of ether oxygens (including phenoxy) is 1. The zero-order valence-electron chi connectivity index (χ0n) is 14.7. The van der Waals surface area contributed by atoms with Crippen molar-refractivity contribution in [2.45, 2.75) is 17.9 Å². The molecule has 0 aliphatic carbocycles. The highest BCUT2D eigenvalue weighted by Gasteiger charge is 2.22. The number of amides is 1. The molecule has 27 heavy (non-hydrogen) atoms. The van der Waals surface area contributed by atoms with Gasteiger partial charge < -0.3 is 10.1 Å². The van der Waals surface area contributed by atoms with Crippen LogP contribution < -0.4 is 10.1 Å². The molecule has 0 bridgehead atoms. The minimum absolute atomic E-state index is 0.0546. The first-order valence-corrected chi connectivity index (χ1v) is 10.2. The van der Waals surface area contributed by atoms with Crippen LogP contribution in [-0.2, 0) is 14.8 Å². The molecule has 1 atom stereocenters. The zero-order chi connectivity index (χ0) is 20.4. The molecule has 146 valence electrons. The number of benzene rings is 2. The molecule has 1 N–H and O–H groups in total. The van der Waals surface area contributed by atoms with Crippen LogP contribution in [0.15, 0.2) is 41.3 Å². The van der Waals surface area contributed by atoms with Gasteiger partial charge in [0.2, 0.25) is 10.0 Å². The number of rotatable bonds is 6. The Hall–Kier alpha value is -1.51. The molecule has 0 heterocycles. The van der Waals surface area contributed by atoms with Crippen LogP contribution in [0.5, 0.6) is 5.75 Å². The van der Waals surface area contributed by atoms with Crippen LogP contribution in [0.25, 0.3) is 0 Å². The van der Waals surface area contributed by atoms with Crippen molar-refractivity contribution in [1.29, 1.82) is 0 Å². The topological polar surface area (TPSA) is 75.7 Å². The van der Waals surface area contributed by atoms with Crippen LogP contribution in [0, 0.1) is 0 Å². The van der Waals surface area contributed by atoms with Crippen molar-refractivity contribution >= 4 is 56.4 Å². The maximum absolute atomic E-state index is 12.4. The molecule has 0 spiro atoms. The number of carbonyl (C=O) groups excluding carboxylic acids is 1. The fraction of sp³-hybridized carbons (Fsp3) is 0.235. The first kappa shape index (κ1) is 21.8. The van der Waals surface area contributed by atoms with Crippen molar-refractivity contribution in [2.24, 2.45) is 0 Å². The molecular formula is C17H17Cl3N2O4S. The number of anilines is 1. The van der Waals surface area contributed by atoms with Crippen LogP contribution >= 0.6 is 34.8 Å². The number of nitrogens with zero attached hydrogens (tertiary/aromatic N) is 1. The van der Waals surface area contributed by atoms with E-state index in [0.29, 0.717) is 10.8 Å². The van der Waals surface area contributed by atoms with E-state index in [4.69, 9.17) is 39.5 Å². The predicted octanol–water partition coefficient (Wildman–Crippen LogP) is 4.30. The van der Waals surface area contributed by atoms with Crippen molar-refractivity contribution in [3.05, 3.63) is 51.5 Å². The van der Waals surface area contributed by atoms with Crippen molar-refractivity contribution in [2.75, 3.05) is 19.4 Å². The molecule has 2 aromatic rings. The monoisotopic (exact) mass is 450 g/mol. The molecule has 0 saturated heterocycles. The van der Waals surface area contributed by atoms with E-state index in [1.165, 1.54) is 45.3 Å². The lowest BCUT2D eigenvalue weighted by Gasteiger charge is -2.17. The Labute approximate surface area is 173 Å². The number of hydrogen-bond donors (Lipinski definition) is 1. The van der Waals surface area contributed by atoms with Crippen LogP contribution in [-0.4, -0.2) is 38.8 Å². The van der Waals surface area contributed by atoms with Gasteiger partial charge in [0.25, 0.3) is 5.91 Å². The van der Waals surface area contributed by atoms with Crippen molar-refractivity contribution < 1.29 is 17.9 Å². The van der Waals surface area contributed by atoms with Gasteiger partial charge >= 0.3 is 0 Å². The number of halogens is 3. The molecule has 1 unspecified atom stereocenters. The Morgan fingerprint density at radius 2 is 1.74 bits per heavy atom. The van der Waals surface area contributed by atoms with Gasteiger partial charge in [-0.3, -0.25) is 4.79 Å². The molecule has 6 nitrogen and oxygen atoms in total. The summed E-state index contributed by atoms with van der Waals surface area (Å²) in [4.78, 5) is 12.3. The summed E-state index contributed by atoms with van der Waals surface area (Å²) in [5, 5.41) is 3.37. The molecular weight excluding hydrogens is 435 g/mol. The Kier molecular flexibility index (Phi) is 6.99. The maximum atomic E-state index is 12.4. The largest absolute Gasteiger partial charge is 0.479 e. The van der Waals surface area contributed by atoms with Gasteiger partial charge in [0.05, 0.1) is 10.0 Å². The smallest absolute Gasteiger partial charge is 0.265 e. The zero-order valence-corrected chi connectivity index (χ0v) is 17.7. The second-order valence-corrected chi connectivity index (χ2v) is 9.13. The van der Waals surface area contributed by atoms with E-state index >= 15 is 0 Å². The van der Waals surface area contributed by atoms with E-state index in [2.05, 4.69) is 5.32 Å². The second kappa shape index (κ2) is 8.67. The van der Waals surface area contributed by atoms with Gasteiger partial charge in [-0.25, -0.2) is 12.7 Å². The van der Waals surface area contributed by atoms with E-state index in [1.807, 2.05) is 0 Å². The van der Waals surface area contributed by atoms with Gasteiger partial charge in [0.15, 0.2) is 6.10 Å². The van der Waals surface area contributed by atoms with E-state index in [0.717, 1.165) is 4.31 Å². The number of sulfonamides is 1. The fourth-order valence-electron chi connectivity index (χ4n) is 2.03. The highest BCUT2D eigenvalue weighted by atomic mass is 35.5. The Bertz CT molecular complexity index is 965. The molecule has 0 radical (unpaired) electrons. The maximum Gasteiger partial charge on any atom is 0.265 e. The summed E-state index contributed by atoms with van der Waals surface area (Å²) in [5.74, 6) is -0.188. The quantitative estimate of drug-likeness (QED) is 0.710. The lowest BCUT2D eigenvalue weighted by Crippen LogP contribution is -2.30. The molecule has 0 aliphatic rings. The van der Waals surface area contributed by atoms with Gasteiger partial charge in [0, 0.05) is 24.8 Å². The predicted molar refractivity (Wildman–Crippen MR) is 108 cm³/mol. The van der Waals surface area contributed by atoms with Crippen LogP contribution in [0.4, 0.5) is 5.69 Å². The van der Waals surface area contributed by atoms with Gasteiger partial charge in [-0.1, -0.05) is 34.8 Å². The normalized spacial score (nSPS) is 12.7. The lowest BCUT2D eigenvalue weighted by atomic mass is 10.3. The van der Waals surface area contributed by atoms with Gasteiger partial charge in [-0.15, -0.1) is 0 Å². The van der Waals surface area contributed by atoms with E-state index in [-0.39, 0.29) is 20.6 Å². The van der Waals surface area contributed by atoms with Crippen molar-refractivity contribution in [3.63, 3.8) is 0 Å². The first-order chi connectivity index (χ1) is 12.5. The van der Waals surface area contributed by atoms with Crippen LogP contribution in [0.2, 0.25) is 15.1 Å². The molecule has 10 heteroatoms. The molecule has 0 saturated carbocycles. The second-order valence-electron chi connectivity index (χ2n) is 5.76. The van der Waals surface area contributed by atoms with Gasteiger partial charge in [0.1, 0.15) is 10.6 Å². The summed E-state index contributed by atoms with van der Waals surface area (Å²) >= 11 is 17.8. The fourth-order valence-corrected chi connectivity index (χ4v) is 3.88. The summed E-state index contributed by atoms with van der Waals surface area (Å²) in [5.41, 5.74) is 0.266. The number of nitrogens with one attached hydrogen (secondary N) is 1. The summed E-state index contributed by atoms with van der Waals surface area (Å²) in [7, 11) is -0.972. The third-order valence-electron chi connectivity index (χ3n) is 3.52. The van der Waals surface area contributed by atoms with Crippen LogP contribution in [0.3, 0.4) is 0 Å². The summed E-state index contributed by atoms with van der Waals surface area (Å²) in [6.45, 7) is 1.54. The van der Waals surface area contributed by atoms with Gasteiger partial charge in [-0.2, -0.15) is 0 Å². The molecule has 2 rings (SSSR count). The molecule has 0 aliphatic heterocycles. The highest BCUT2D eigenvalue weighted by Crippen LogP contribution is 2.29. The third kappa shape index (κ3) is 5.27. The summed E-state index contributed by atoms with van der Waals surface area (Å²) in [6.07, 6.45) is -0.895. The van der Waals surface area contributed by atoms with E-state index in [9.17, 15) is 13.2 Å². The van der Waals surface area contributed by atoms with Crippen LogP contribution in [0.1, 0.15) is 6.92 Å². The summed E-state index contributed by atoms with van der Waals surface area (Å²) in [6, 6.07) is 8.83. The Morgan fingerprint density at radius 3 is 2.33 bits per heavy atom. The molecule has 0 fully saturated rings. The molecule has 1 amide bonds. The SMILES string of the molecule is CC(Oc1ccc(Cl)cc1Cl)C(=O)Nc1ccc(Cl)c(S(=O)(=O)N(C)C)c1. The average molecular weight is 452 g/mol. The lowest BCUT2D eigenvalue weighted by molar-refractivity contribution is -0.122. The number of carbonyl (C=O) groups is 1. The standard InChI is InChI=1S/C17H17Cl3N2O4S/c1-10(26-15-7-4-11(18)8-14(15)20)17(23)21-12-5-6-13(19)16(9-12)27(24,25)22(2)3/h4-10H,1-3H3,(H,21,23). The van der Waals surface area contributed by atoms with Crippen molar-refractivity contribution in [1.82, 2.24) is 4.31 Å². The minimum atomic E-state index is -3.76. The Morgan fingerprint density at radius 1 is 1.07 bits per heavy atom. The van der Waals surface area contributed by atoms with E-state index in [1.54, 1.807) is 12.1 Å². The molecule has 2 aromatic carbocycles. The third-order valence-corrected chi connectivity index (χ3v) is 6.35. The van der Waals surface area contributed by atoms with E-state index < -0.39 is 22.0 Å². The molecule has 0 aromatic heterocycles. The highest BCUT2D eigenvalue weighted by molar-refractivity contribution is 7.89. The van der Waals surface area contributed by atoms with Gasteiger partial charge in [-0.05, 0) is 43.3 Å². The minimum Gasteiger partial charge on any atom is -0.479 e. The van der Waals surface area contributed by atoms with Crippen molar-refractivity contribution in [3.8, 4) is 5.75 Å². The average Bonchev–Trinajstić information content (AvgIpc) is 2.58.